The van der Waals surface area contributed by atoms with Gasteiger partial charge in [0.1, 0.15) is 11.5 Å². The molecule has 0 saturated heterocycles. The van der Waals surface area contributed by atoms with Crippen molar-refractivity contribution in [3.05, 3.63) is 77.4 Å². The second kappa shape index (κ2) is 12.2. The first-order chi connectivity index (χ1) is 17.0. The summed E-state index contributed by atoms with van der Waals surface area (Å²) in [5.74, 6) is 2.75. The van der Waals surface area contributed by atoms with E-state index in [1.165, 1.54) is 6.08 Å². The van der Waals surface area contributed by atoms with E-state index in [0.717, 1.165) is 22.4 Å². The summed E-state index contributed by atoms with van der Waals surface area (Å²) >= 11 is 0. The molecule has 3 aromatic rings. The number of carbonyl (C=O) groups is 1. The van der Waals surface area contributed by atoms with E-state index < -0.39 is 0 Å². The summed E-state index contributed by atoms with van der Waals surface area (Å²) in [5.41, 5.74) is 3.13. The molecule has 0 spiro atoms. The highest BCUT2D eigenvalue weighted by Gasteiger charge is 2.12. The zero-order chi connectivity index (χ0) is 25.2. The molecule has 0 saturated carbocycles. The summed E-state index contributed by atoms with van der Waals surface area (Å²) in [6.07, 6.45) is 7.01. The Balaban J connectivity index is 1.84. The van der Waals surface area contributed by atoms with Gasteiger partial charge in [-0.05, 0) is 59.2 Å². The number of hydrogen-bond donors (Lipinski definition) is 1. The van der Waals surface area contributed by atoms with Gasteiger partial charge in [-0.3, -0.25) is 4.79 Å². The van der Waals surface area contributed by atoms with Crippen LogP contribution in [0.5, 0.6) is 28.7 Å². The summed E-state index contributed by atoms with van der Waals surface area (Å²) in [4.78, 5) is 12.6. The lowest BCUT2D eigenvalue weighted by Gasteiger charge is -2.13. The van der Waals surface area contributed by atoms with Crippen molar-refractivity contribution in [1.29, 1.82) is 0 Å². The molecule has 7 nitrogen and oxygen atoms in total. The van der Waals surface area contributed by atoms with Gasteiger partial charge < -0.3 is 29.0 Å². The largest absolute Gasteiger partial charge is 0.497 e. The maximum atomic E-state index is 12.6. The molecule has 0 aliphatic carbocycles. The first-order valence-electron chi connectivity index (χ1n) is 10.8. The predicted octanol–water partition coefficient (Wildman–Crippen LogP) is 5.55. The van der Waals surface area contributed by atoms with E-state index in [9.17, 15) is 4.79 Å². The van der Waals surface area contributed by atoms with E-state index in [1.807, 2.05) is 60.7 Å². The van der Waals surface area contributed by atoms with Crippen LogP contribution in [0.3, 0.4) is 0 Å². The highest BCUT2D eigenvalue weighted by atomic mass is 16.5. The van der Waals surface area contributed by atoms with Crippen molar-refractivity contribution in [3.8, 4) is 28.7 Å². The lowest BCUT2D eigenvalue weighted by Crippen LogP contribution is -2.09. The molecule has 7 heteroatoms. The minimum absolute atomic E-state index is 0.267. The molecule has 0 aromatic heterocycles. The number of amides is 1. The molecular weight excluding hydrogens is 446 g/mol. The molecule has 1 amide bonds. The number of hydrogen-bond acceptors (Lipinski definition) is 6. The van der Waals surface area contributed by atoms with Gasteiger partial charge in [-0.1, -0.05) is 24.3 Å². The molecule has 0 bridgehead atoms. The zero-order valence-electron chi connectivity index (χ0n) is 20.5. The van der Waals surface area contributed by atoms with Crippen LogP contribution >= 0.6 is 0 Å². The van der Waals surface area contributed by atoms with Gasteiger partial charge in [0, 0.05) is 12.1 Å². The maximum absolute atomic E-state index is 12.6. The Morgan fingerprint density at radius 1 is 0.657 bits per heavy atom. The number of anilines is 1. The Kier molecular flexibility index (Phi) is 8.78. The molecule has 1 N–H and O–H groups in total. The molecule has 0 radical (unpaired) electrons. The van der Waals surface area contributed by atoms with Gasteiger partial charge in [0.25, 0.3) is 0 Å². The highest BCUT2D eigenvalue weighted by Crippen LogP contribution is 2.38. The van der Waals surface area contributed by atoms with Crippen molar-refractivity contribution in [2.24, 2.45) is 0 Å². The van der Waals surface area contributed by atoms with Crippen molar-refractivity contribution < 1.29 is 28.5 Å². The van der Waals surface area contributed by atoms with Crippen molar-refractivity contribution in [2.75, 3.05) is 40.9 Å². The van der Waals surface area contributed by atoms with Crippen LogP contribution in [0.4, 0.5) is 5.69 Å². The van der Waals surface area contributed by atoms with Gasteiger partial charge in [0.05, 0.1) is 41.2 Å². The third-order valence-corrected chi connectivity index (χ3v) is 5.20. The second-order valence-corrected chi connectivity index (χ2v) is 7.34. The van der Waals surface area contributed by atoms with E-state index in [1.54, 1.807) is 47.7 Å². The average Bonchev–Trinajstić information content (AvgIpc) is 2.90. The van der Waals surface area contributed by atoms with E-state index in [4.69, 9.17) is 23.7 Å². The average molecular weight is 476 g/mol. The minimum Gasteiger partial charge on any atom is -0.497 e. The molecule has 0 fully saturated rings. The first kappa shape index (κ1) is 25.2. The molecule has 0 unspecified atom stereocenters. The summed E-state index contributed by atoms with van der Waals surface area (Å²) in [5, 5.41) is 2.93. The quantitative estimate of drug-likeness (QED) is 0.306. The lowest BCUT2D eigenvalue weighted by atomic mass is 10.1. The normalized spacial score (nSPS) is 10.9. The molecular formula is C28H29NO6. The Morgan fingerprint density at radius 3 is 1.86 bits per heavy atom. The second-order valence-electron chi connectivity index (χ2n) is 7.34. The minimum atomic E-state index is -0.267. The summed E-state index contributed by atoms with van der Waals surface area (Å²) < 4.78 is 26.7. The van der Waals surface area contributed by atoms with Gasteiger partial charge in [-0.25, -0.2) is 0 Å². The van der Waals surface area contributed by atoms with Gasteiger partial charge in [0.2, 0.25) is 11.7 Å². The molecule has 182 valence electrons. The third-order valence-electron chi connectivity index (χ3n) is 5.20. The van der Waals surface area contributed by atoms with E-state index in [2.05, 4.69) is 5.32 Å². The number of methoxy groups -OCH3 is 5. The van der Waals surface area contributed by atoms with Gasteiger partial charge in [-0.15, -0.1) is 0 Å². The fourth-order valence-corrected chi connectivity index (χ4v) is 3.36. The molecule has 0 atom stereocenters. The smallest absolute Gasteiger partial charge is 0.248 e. The van der Waals surface area contributed by atoms with Crippen LogP contribution in [0.15, 0.2) is 60.7 Å². The van der Waals surface area contributed by atoms with Crippen LogP contribution in [0.2, 0.25) is 0 Å². The number of rotatable bonds is 10. The van der Waals surface area contributed by atoms with E-state index in [0.29, 0.717) is 28.7 Å². The van der Waals surface area contributed by atoms with Crippen molar-refractivity contribution in [3.63, 3.8) is 0 Å². The van der Waals surface area contributed by atoms with Crippen molar-refractivity contribution in [2.45, 2.75) is 0 Å². The summed E-state index contributed by atoms with van der Waals surface area (Å²) in [6, 6.07) is 16.6. The highest BCUT2D eigenvalue weighted by molar-refractivity contribution is 6.03. The Hall–Kier alpha value is -4.39. The fourth-order valence-electron chi connectivity index (χ4n) is 3.36. The standard InChI is InChI=1S/C28H29NO6/c1-31-22-12-7-19(8-13-22)9-15-27(30)29-24-18-23(32-2)14-11-21(24)10-6-20-16-25(33-3)28(35-5)26(17-20)34-4/h6-18H,1-5H3,(H,29,30)/b10-6+,15-9+. The molecule has 0 heterocycles. The molecule has 0 aliphatic heterocycles. The first-order valence-corrected chi connectivity index (χ1v) is 10.8. The number of ether oxygens (including phenoxy) is 5. The van der Waals surface area contributed by atoms with Gasteiger partial charge >= 0.3 is 0 Å². The van der Waals surface area contributed by atoms with E-state index in [-0.39, 0.29) is 5.91 Å². The van der Waals surface area contributed by atoms with Crippen molar-refractivity contribution in [1.82, 2.24) is 0 Å². The number of carbonyl (C=O) groups excluding carboxylic acids is 1. The Labute approximate surface area is 205 Å². The topological polar surface area (TPSA) is 75.3 Å². The molecule has 3 aromatic carbocycles. The Morgan fingerprint density at radius 2 is 1.29 bits per heavy atom. The molecule has 35 heavy (non-hydrogen) atoms. The molecule has 0 aliphatic rings. The number of nitrogens with one attached hydrogen (secondary N) is 1. The Bertz CT molecular complexity index is 1190. The molecule has 3 rings (SSSR count). The number of benzene rings is 3. The lowest BCUT2D eigenvalue weighted by molar-refractivity contribution is -0.111. The van der Waals surface area contributed by atoms with Gasteiger partial charge in [0.15, 0.2) is 11.5 Å². The fraction of sp³-hybridized carbons (Fsp3) is 0.179. The van der Waals surface area contributed by atoms with Gasteiger partial charge in [-0.2, -0.15) is 0 Å². The SMILES string of the molecule is COc1ccc(/C=C/C(=O)Nc2cc(OC)ccc2/C=C/c2cc(OC)c(OC)c(OC)c2)cc1. The van der Waals surface area contributed by atoms with Crippen molar-refractivity contribution >= 4 is 29.8 Å². The van der Waals surface area contributed by atoms with E-state index >= 15 is 0 Å². The van der Waals surface area contributed by atoms with Crippen LogP contribution in [0, 0.1) is 0 Å². The zero-order valence-corrected chi connectivity index (χ0v) is 20.5. The predicted molar refractivity (Wildman–Crippen MR) is 139 cm³/mol. The van der Waals surface area contributed by atoms with Crippen LogP contribution in [-0.2, 0) is 4.79 Å². The van der Waals surface area contributed by atoms with Crippen LogP contribution < -0.4 is 29.0 Å². The summed E-state index contributed by atoms with van der Waals surface area (Å²) in [7, 11) is 7.89. The van der Waals surface area contributed by atoms with Crippen LogP contribution in [0.1, 0.15) is 16.7 Å². The van der Waals surface area contributed by atoms with Crippen LogP contribution in [-0.4, -0.2) is 41.5 Å². The monoisotopic (exact) mass is 475 g/mol. The maximum Gasteiger partial charge on any atom is 0.248 e. The van der Waals surface area contributed by atoms with Crippen LogP contribution in [0.25, 0.3) is 18.2 Å². The third kappa shape index (κ3) is 6.57. The summed E-state index contributed by atoms with van der Waals surface area (Å²) in [6.45, 7) is 0.